The van der Waals surface area contributed by atoms with E-state index in [9.17, 15) is 20.3 Å². The van der Waals surface area contributed by atoms with Crippen molar-refractivity contribution in [3.8, 4) is 17.6 Å². The zero-order valence-corrected chi connectivity index (χ0v) is 15.9. The standard InChI is InChI=1S/C16H10I2N2O3/c17-11-6-9(15(22)14(18)7-11)5-10(8-19)16(23)20-12-1-3-13(21)4-2-12/h1-7,21-22H,(H,20,23)/b10-5-. The molecule has 0 aromatic heterocycles. The summed E-state index contributed by atoms with van der Waals surface area (Å²) in [6.45, 7) is 0. The van der Waals surface area contributed by atoms with Crippen LogP contribution in [0.25, 0.3) is 6.08 Å². The molecule has 5 nitrogen and oxygen atoms in total. The molecule has 0 heterocycles. The second-order valence-electron chi connectivity index (χ2n) is 4.50. The molecular formula is C16H10I2N2O3. The highest BCUT2D eigenvalue weighted by atomic mass is 127. The van der Waals surface area contributed by atoms with Crippen molar-refractivity contribution >= 4 is 62.9 Å². The lowest BCUT2D eigenvalue weighted by atomic mass is 10.1. The van der Waals surface area contributed by atoms with Gasteiger partial charge in [0.15, 0.2) is 0 Å². The number of rotatable bonds is 3. The van der Waals surface area contributed by atoms with E-state index in [-0.39, 0.29) is 17.1 Å². The number of amides is 1. The summed E-state index contributed by atoms with van der Waals surface area (Å²) in [7, 11) is 0. The van der Waals surface area contributed by atoms with Crippen molar-refractivity contribution in [2.24, 2.45) is 0 Å². The summed E-state index contributed by atoms with van der Waals surface area (Å²) in [4.78, 5) is 12.2. The van der Waals surface area contributed by atoms with Crippen molar-refractivity contribution in [2.45, 2.75) is 0 Å². The van der Waals surface area contributed by atoms with Crippen molar-refractivity contribution in [3.63, 3.8) is 0 Å². The molecule has 0 aliphatic carbocycles. The number of hydrogen-bond acceptors (Lipinski definition) is 4. The van der Waals surface area contributed by atoms with Crippen LogP contribution < -0.4 is 5.32 Å². The molecule has 0 saturated carbocycles. The van der Waals surface area contributed by atoms with Crippen LogP contribution in [-0.2, 0) is 4.79 Å². The van der Waals surface area contributed by atoms with Gasteiger partial charge in [-0.2, -0.15) is 5.26 Å². The van der Waals surface area contributed by atoms with E-state index in [4.69, 9.17) is 0 Å². The van der Waals surface area contributed by atoms with Gasteiger partial charge in [-0.05, 0) is 87.7 Å². The van der Waals surface area contributed by atoms with Gasteiger partial charge in [0.25, 0.3) is 5.91 Å². The van der Waals surface area contributed by atoms with E-state index in [0.29, 0.717) is 14.8 Å². The summed E-state index contributed by atoms with van der Waals surface area (Å²) >= 11 is 4.08. The number of aromatic hydroxyl groups is 2. The Morgan fingerprint density at radius 2 is 1.83 bits per heavy atom. The van der Waals surface area contributed by atoms with Crippen molar-refractivity contribution in [1.29, 1.82) is 5.26 Å². The Kier molecular flexibility index (Phi) is 5.84. The molecule has 0 aliphatic rings. The SMILES string of the molecule is N#C/C(=C/c1cc(I)cc(I)c1O)C(=O)Nc1ccc(O)cc1. The Morgan fingerprint density at radius 1 is 1.17 bits per heavy atom. The van der Waals surface area contributed by atoms with E-state index in [1.807, 2.05) is 28.7 Å². The van der Waals surface area contributed by atoms with Gasteiger partial charge in [0, 0.05) is 14.8 Å². The largest absolute Gasteiger partial charge is 0.508 e. The van der Waals surface area contributed by atoms with E-state index in [1.165, 1.54) is 30.3 Å². The number of carbonyl (C=O) groups is 1. The number of benzene rings is 2. The summed E-state index contributed by atoms with van der Waals surface area (Å²) < 4.78 is 1.52. The molecule has 23 heavy (non-hydrogen) atoms. The number of carbonyl (C=O) groups excluding carboxylic acids is 1. The number of nitrogens with one attached hydrogen (secondary N) is 1. The predicted octanol–water partition coefficient (Wildman–Crippen LogP) is 3.85. The van der Waals surface area contributed by atoms with Crippen molar-refractivity contribution in [2.75, 3.05) is 5.32 Å². The average molecular weight is 532 g/mol. The fraction of sp³-hybridized carbons (Fsp3) is 0. The second kappa shape index (κ2) is 7.65. The first kappa shape index (κ1) is 17.6. The van der Waals surface area contributed by atoms with Gasteiger partial charge in [-0.15, -0.1) is 0 Å². The maximum atomic E-state index is 12.2. The fourth-order valence-corrected chi connectivity index (χ4v) is 3.63. The molecule has 2 rings (SSSR count). The number of anilines is 1. The minimum atomic E-state index is -0.591. The van der Waals surface area contributed by atoms with E-state index in [1.54, 1.807) is 12.1 Å². The van der Waals surface area contributed by atoms with E-state index in [2.05, 4.69) is 27.9 Å². The van der Waals surface area contributed by atoms with Crippen molar-refractivity contribution < 1.29 is 15.0 Å². The van der Waals surface area contributed by atoms with Gasteiger partial charge in [-0.3, -0.25) is 4.79 Å². The van der Waals surface area contributed by atoms with E-state index < -0.39 is 5.91 Å². The maximum absolute atomic E-state index is 12.2. The van der Waals surface area contributed by atoms with Crippen LogP contribution in [-0.4, -0.2) is 16.1 Å². The molecule has 2 aromatic carbocycles. The normalized spacial score (nSPS) is 10.9. The first-order valence-corrected chi connectivity index (χ1v) is 8.46. The predicted molar refractivity (Wildman–Crippen MR) is 104 cm³/mol. The van der Waals surface area contributed by atoms with Crippen LogP contribution in [0.2, 0.25) is 0 Å². The lowest BCUT2D eigenvalue weighted by Gasteiger charge is -2.06. The summed E-state index contributed by atoms with van der Waals surface area (Å²) in [6.07, 6.45) is 1.34. The van der Waals surface area contributed by atoms with Crippen LogP contribution in [0, 0.1) is 18.5 Å². The smallest absolute Gasteiger partial charge is 0.266 e. The van der Waals surface area contributed by atoms with Crippen LogP contribution in [0.1, 0.15) is 5.56 Å². The number of nitriles is 1. The van der Waals surface area contributed by atoms with Gasteiger partial charge in [-0.1, -0.05) is 0 Å². The van der Waals surface area contributed by atoms with Crippen molar-refractivity contribution in [3.05, 3.63) is 54.7 Å². The zero-order valence-electron chi connectivity index (χ0n) is 11.5. The maximum Gasteiger partial charge on any atom is 0.266 e. The molecule has 7 heteroatoms. The molecule has 0 radical (unpaired) electrons. The molecule has 0 bridgehead atoms. The molecule has 0 unspecified atom stereocenters. The molecule has 116 valence electrons. The fourth-order valence-electron chi connectivity index (χ4n) is 1.74. The topological polar surface area (TPSA) is 93.3 Å². The van der Waals surface area contributed by atoms with Crippen molar-refractivity contribution in [1.82, 2.24) is 0 Å². The molecule has 2 aromatic rings. The molecule has 0 spiro atoms. The highest BCUT2D eigenvalue weighted by molar-refractivity contribution is 14.1. The Hall–Kier alpha value is -1.80. The Balaban J connectivity index is 2.30. The summed E-state index contributed by atoms with van der Waals surface area (Å²) in [5, 5.41) is 31.0. The van der Waals surface area contributed by atoms with Gasteiger partial charge in [0.1, 0.15) is 23.1 Å². The number of halogens is 2. The van der Waals surface area contributed by atoms with Gasteiger partial charge in [0.05, 0.1) is 3.57 Å². The minimum absolute atomic E-state index is 0.0243. The molecule has 0 aliphatic heterocycles. The molecule has 1 amide bonds. The molecule has 0 atom stereocenters. The van der Waals surface area contributed by atoms with Crippen LogP contribution in [0.15, 0.2) is 42.0 Å². The third kappa shape index (κ3) is 4.59. The Labute approximate surface area is 159 Å². The van der Waals surface area contributed by atoms with E-state index in [0.717, 1.165) is 3.57 Å². The highest BCUT2D eigenvalue weighted by Gasteiger charge is 2.12. The first-order chi connectivity index (χ1) is 10.9. The number of nitrogens with zero attached hydrogens (tertiary/aromatic N) is 1. The van der Waals surface area contributed by atoms with Crippen LogP contribution in [0.3, 0.4) is 0 Å². The van der Waals surface area contributed by atoms with Gasteiger partial charge in [0.2, 0.25) is 0 Å². The quantitative estimate of drug-likeness (QED) is 0.243. The van der Waals surface area contributed by atoms with E-state index >= 15 is 0 Å². The van der Waals surface area contributed by atoms with Gasteiger partial charge < -0.3 is 15.5 Å². The number of hydrogen-bond donors (Lipinski definition) is 3. The summed E-state index contributed by atoms with van der Waals surface area (Å²) in [6, 6.07) is 11.2. The number of phenols is 2. The van der Waals surface area contributed by atoms with Crippen LogP contribution in [0.4, 0.5) is 5.69 Å². The third-order valence-electron chi connectivity index (χ3n) is 2.85. The van der Waals surface area contributed by atoms with Crippen LogP contribution >= 0.6 is 45.2 Å². The van der Waals surface area contributed by atoms with Gasteiger partial charge >= 0.3 is 0 Å². The average Bonchev–Trinajstić information content (AvgIpc) is 2.51. The zero-order chi connectivity index (χ0) is 17.0. The lowest BCUT2D eigenvalue weighted by molar-refractivity contribution is -0.112. The third-order valence-corrected chi connectivity index (χ3v) is 4.29. The highest BCUT2D eigenvalue weighted by Crippen LogP contribution is 2.29. The summed E-state index contributed by atoms with van der Waals surface area (Å²) in [5.74, 6) is -0.486. The van der Waals surface area contributed by atoms with Crippen LogP contribution in [0.5, 0.6) is 11.5 Å². The Bertz CT molecular complexity index is 824. The minimum Gasteiger partial charge on any atom is -0.508 e. The number of phenolic OH excluding ortho intramolecular Hbond substituents is 2. The molecule has 3 N–H and O–H groups in total. The summed E-state index contributed by atoms with van der Waals surface area (Å²) in [5.41, 5.74) is 0.722. The Morgan fingerprint density at radius 3 is 2.43 bits per heavy atom. The molecule has 0 saturated heterocycles. The lowest BCUT2D eigenvalue weighted by Crippen LogP contribution is -2.13. The monoisotopic (exact) mass is 532 g/mol. The molecular weight excluding hydrogens is 522 g/mol. The second-order valence-corrected chi connectivity index (χ2v) is 6.90. The molecule has 0 fully saturated rings. The first-order valence-electron chi connectivity index (χ1n) is 6.31. The van der Waals surface area contributed by atoms with Gasteiger partial charge in [-0.25, -0.2) is 0 Å².